The van der Waals surface area contributed by atoms with E-state index in [0.717, 1.165) is 30.5 Å². The molecule has 0 saturated heterocycles. The third-order valence-corrected chi connectivity index (χ3v) is 6.16. The van der Waals surface area contributed by atoms with Crippen molar-refractivity contribution in [3.05, 3.63) is 97.1 Å². The lowest BCUT2D eigenvalue weighted by molar-refractivity contribution is -0.114. The Morgan fingerprint density at radius 3 is 2.43 bits per heavy atom. The molecule has 5 aromatic rings. The first-order valence-electron chi connectivity index (χ1n) is 12.3. The van der Waals surface area contributed by atoms with Crippen LogP contribution in [0.3, 0.4) is 0 Å². The second kappa shape index (κ2) is 11.0. The van der Waals surface area contributed by atoms with Gasteiger partial charge in [-0.2, -0.15) is 0 Å². The summed E-state index contributed by atoms with van der Waals surface area (Å²) in [5.41, 5.74) is 5.67. The van der Waals surface area contributed by atoms with E-state index >= 15 is 0 Å². The van der Waals surface area contributed by atoms with Gasteiger partial charge in [0.15, 0.2) is 5.78 Å². The summed E-state index contributed by atoms with van der Waals surface area (Å²) in [6.07, 6.45) is 7.63. The Labute approximate surface area is 215 Å². The van der Waals surface area contributed by atoms with Gasteiger partial charge in [-0.15, -0.1) is 0 Å². The number of nitrogens with one attached hydrogen (secondary N) is 1. The summed E-state index contributed by atoms with van der Waals surface area (Å²) in [6, 6.07) is 22.9. The Bertz CT molecular complexity index is 1550. The molecule has 184 valence electrons. The summed E-state index contributed by atoms with van der Waals surface area (Å²) in [5, 5.41) is 2.90. The SMILES string of the molecule is CC(=O)Nc1ccccc1-c1nc2cc(C(=O)CCCCn3ccnc3)ccc2nc1-c1ccccc1. The number of anilines is 1. The highest BCUT2D eigenvalue weighted by Crippen LogP contribution is 2.35. The predicted molar refractivity (Wildman–Crippen MR) is 145 cm³/mol. The topological polar surface area (TPSA) is 89.8 Å². The number of rotatable bonds is 9. The Kier molecular flexibility index (Phi) is 7.12. The Morgan fingerprint density at radius 2 is 1.65 bits per heavy atom. The van der Waals surface area contributed by atoms with Crippen molar-refractivity contribution in [3.63, 3.8) is 0 Å². The second-order valence-electron chi connectivity index (χ2n) is 8.90. The molecule has 0 atom stereocenters. The first kappa shape index (κ1) is 24.1. The van der Waals surface area contributed by atoms with Crippen molar-refractivity contribution in [1.29, 1.82) is 0 Å². The number of aryl methyl sites for hydroxylation is 1. The maximum atomic E-state index is 13.0. The maximum absolute atomic E-state index is 13.0. The Morgan fingerprint density at radius 1 is 0.865 bits per heavy atom. The first-order valence-corrected chi connectivity index (χ1v) is 12.3. The van der Waals surface area contributed by atoms with Crippen molar-refractivity contribution >= 4 is 28.4 Å². The predicted octanol–water partition coefficient (Wildman–Crippen LogP) is 6.17. The molecular weight excluding hydrogens is 462 g/mol. The van der Waals surface area contributed by atoms with Gasteiger partial charge in [-0.3, -0.25) is 9.59 Å². The van der Waals surface area contributed by atoms with Crippen LogP contribution in [0.1, 0.15) is 36.5 Å². The van der Waals surface area contributed by atoms with E-state index in [-0.39, 0.29) is 11.7 Å². The zero-order chi connectivity index (χ0) is 25.6. The van der Waals surface area contributed by atoms with Gasteiger partial charge in [0.1, 0.15) is 0 Å². The monoisotopic (exact) mass is 489 g/mol. The van der Waals surface area contributed by atoms with Crippen LogP contribution in [0.2, 0.25) is 0 Å². The lowest BCUT2D eigenvalue weighted by Gasteiger charge is -2.14. The molecule has 1 N–H and O–H groups in total. The number of nitrogens with zero attached hydrogens (tertiary/aromatic N) is 4. The molecular formula is C30H27N5O2. The number of fused-ring (bicyclic) bond motifs is 1. The average molecular weight is 490 g/mol. The zero-order valence-electron chi connectivity index (χ0n) is 20.6. The highest BCUT2D eigenvalue weighted by atomic mass is 16.1. The van der Waals surface area contributed by atoms with E-state index in [2.05, 4.69) is 10.3 Å². The fourth-order valence-electron chi connectivity index (χ4n) is 4.34. The molecule has 3 aromatic carbocycles. The van der Waals surface area contributed by atoms with Crippen molar-refractivity contribution in [2.45, 2.75) is 32.7 Å². The molecule has 0 aliphatic rings. The van der Waals surface area contributed by atoms with Gasteiger partial charge in [0.25, 0.3) is 0 Å². The summed E-state index contributed by atoms with van der Waals surface area (Å²) >= 11 is 0. The summed E-state index contributed by atoms with van der Waals surface area (Å²) in [6.45, 7) is 2.32. The number of ketones is 1. The van der Waals surface area contributed by atoms with Crippen LogP contribution >= 0.6 is 0 Å². The summed E-state index contributed by atoms with van der Waals surface area (Å²) in [5.74, 6) is -0.0787. The molecule has 0 bridgehead atoms. The van der Waals surface area contributed by atoms with Gasteiger partial charge in [0.2, 0.25) is 5.91 Å². The van der Waals surface area contributed by atoms with Crippen molar-refractivity contribution in [1.82, 2.24) is 19.5 Å². The first-order chi connectivity index (χ1) is 18.1. The molecule has 0 fully saturated rings. The van der Waals surface area contributed by atoms with Crippen LogP contribution in [0.15, 0.2) is 91.5 Å². The molecule has 2 aromatic heterocycles. The standard InChI is InChI=1S/C30H27N5O2/c1-21(36)32-25-12-6-5-11-24(25)30-29(22-9-3-2-4-10-22)33-26-15-14-23(19-27(26)34-30)28(37)13-7-8-17-35-18-16-31-20-35/h2-6,9-12,14-16,18-20H,7-8,13,17H2,1H3,(H,32,36). The van der Waals surface area contributed by atoms with E-state index in [1.807, 2.05) is 83.6 Å². The number of imidazole rings is 1. The number of carbonyl (C=O) groups excluding carboxylic acids is 2. The third kappa shape index (κ3) is 5.62. The minimum Gasteiger partial charge on any atom is -0.337 e. The number of Topliss-reactive ketones (excluding diaryl/α,β-unsaturated/α-hetero) is 1. The number of para-hydroxylation sites is 1. The number of carbonyl (C=O) groups is 2. The molecule has 0 radical (unpaired) electrons. The van der Waals surface area contributed by atoms with Crippen LogP contribution in [0.4, 0.5) is 5.69 Å². The van der Waals surface area contributed by atoms with E-state index in [1.54, 1.807) is 12.5 Å². The van der Waals surface area contributed by atoms with Gasteiger partial charge in [0.05, 0.1) is 34.4 Å². The fraction of sp³-hybridized carbons (Fsp3) is 0.167. The van der Waals surface area contributed by atoms with Crippen LogP contribution in [0.25, 0.3) is 33.5 Å². The third-order valence-electron chi connectivity index (χ3n) is 6.16. The molecule has 7 nitrogen and oxygen atoms in total. The van der Waals surface area contributed by atoms with Crippen LogP contribution in [-0.4, -0.2) is 31.2 Å². The molecule has 0 saturated carbocycles. The summed E-state index contributed by atoms with van der Waals surface area (Å²) in [4.78, 5) is 38.8. The molecule has 7 heteroatoms. The summed E-state index contributed by atoms with van der Waals surface area (Å²) < 4.78 is 2.01. The lowest BCUT2D eigenvalue weighted by atomic mass is 10.0. The molecule has 0 aliphatic carbocycles. The number of aromatic nitrogens is 4. The molecule has 0 aliphatic heterocycles. The largest absolute Gasteiger partial charge is 0.337 e. The minimum atomic E-state index is -0.164. The van der Waals surface area contributed by atoms with Crippen LogP contribution in [0, 0.1) is 0 Å². The van der Waals surface area contributed by atoms with Crippen LogP contribution < -0.4 is 5.32 Å². The summed E-state index contributed by atoms with van der Waals surface area (Å²) in [7, 11) is 0. The van der Waals surface area contributed by atoms with Crippen LogP contribution in [0.5, 0.6) is 0 Å². The van der Waals surface area contributed by atoms with E-state index in [1.165, 1.54) is 6.92 Å². The van der Waals surface area contributed by atoms with Gasteiger partial charge >= 0.3 is 0 Å². The molecule has 5 rings (SSSR count). The Hall–Kier alpha value is -4.65. The van der Waals surface area contributed by atoms with Gasteiger partial charge in [-0.05, 0) is 37.1 Å². The maximum Gasteiger partial charge on any atom is 0.221 e. The van der Waals surface area contributed by atoms with Crippen molar-refractivity contribution in [2.75, 3.05) is 5.32 Å². The number of unbranched alkanes of at least 4 members (excludes halogenated alkanes) is 1. The quantitative estimate of drug-likeness (QED) is 0.197. The number of hydrogen-bond acceptors (Lipinski definition) is 5. The highest BCUT2D eigenvalue weighted by molar-refractivity contribution is 6.00. The van der Waals surface area contributed by atoms with Crippen molar-refractivity contribution in [3.8, 4) is 22.5 Å². The molecule has 2 heterocycles. The molecule has 0 unspecified atom stereocenters. The van der Waals surface area contributed by atoms with E-state index in [4.69, 9.17) is 9.97 Å². The Balaban J connectivity index is 1.49. The molecule has 0 spiro atoms. The van der Waals surface area contributed by atoms with Crippen molar-refractivity contribution in [2.24, 2.45) is 0 Å². The minimum absolute atomic E-state index is 0.0849. The van der Waals surface area contributed by atoms with Gasteiger partial charge in [-0.25, -0.2) is 15.0 Å². The van der Waals surface area contributed by atoms with Crippen LogP contribution in [-0.2, 0) is 11.3 Å². The van der Waals surface area contributed by atoms with E-state index in [9.17, 15) is 9.59 Å². The van der Waals surface area contributed by atoms with Crippen molar-refractivity contribution < 1.29 is 9.59 Å². The van der Waals surface area contributed by atoms with E-state index in [0.29, 0.717) is 40.1 Å². The normalized spacial score (nSPS) is 10.9. The lowest BCUT2D eigenvalue weighted by Crippen LogP contribution is -2.08. The fourth-order valence-corrected chi connectivity index (χ4v) is 4.34. The number of hydrogen-bond donors (Lipinski definition) is 1. The van der Waals surface area contributed by atoms with E-state index < -0.39 is 0 Å². The molecule has 1 amide bonds. The average Bonchev–Trinajstić information content (AvgIpc) is 3.44. The number of amides is 1. The smallest absolute Gasteiger partial charge is 0.221 e. The van der Waals surface area contributed by atoms with Gasteiger partial charge in [0, 0.05) is 49.0 Å². The molecule has 37 heavy (non-hydrogen) atoms. The zero-order valence-corrected chi connectivity index (χ0v) is 20.6. The van der Waals surface area contributed by atoms with Gasteiger partial charge < -0.3 is 9.88 Å². The second-order valence-corrected chi connectivity index (χ2v) is 8.90. The van der Waals surface area contributed by atoms with Gasteiger partial charge in [-0.1, -0.05) is 48.5 Å². The highest BCUT2D eigenvalue weighted by Gasteiger charge is 2.17. The number of benzene rings is 3.